The number of benzene rings is 2. The fourth-order valence-electron chi connectivity index (χ4n) is 3.73. The van der Waals surface area contributed by atoms with E-state index in [-0.39, 0.29) is 36.8 Å². The van der Waals surface area contributed by atoms with Gasteiger partial charge in [-0.25, -0.2) is 13.8 Å². The number of hydrogen-bond donors (Lipinski definition) is 3. The van der Waals surface area contributed by atoms with Gasteiger partial charge < -0.3 is 16.0 Å². The zero-order valence-corrected chi connectivity index (χ0v) is 19.3. The Kier molecular flexibility index (Phi) is 7.51. The molecule has 0 bridgehead atoms. The van der Waals surface area contributed by atoms with E-state index in [1.165, 1.54) is 6.07 Å². The number of amides is 2. The highest BCUT2D eigenvalue weighted by molar-refractivity contribution is 6.00. The molecule has 0 aliphatic carbocycles. The second kappa shape index (κ2) is 10.8. The van der Waals surface area contributed by atoms with E-state index < -0.39 is 29.3 Å². The maximum atomic E-state index is 13.4. The Labute approximate surface area is 208 Å². The first-order chi connectivity index (χ1) is 17.6. The molecular weight excluding hydrogens is 495 g/mol. The Morgan fingerprint density at radius 1 is 1.08 bits per heavy atom. The van der Waals surface area contributed by atoms with Gasteiger partial charge in [0.2, 0.25) is 5.91 Å². The summed E-state index contributed by atoms with van der Waals surface area (Å²) in [4.78, 5) is 28.0. The van der Waals surface area contributed by atoms with Gasteiger partial charge in [-0.05, 0) is 47.4 Å². The van der Waals surface area contributed by atoms with E-state index in [0.29, 0.717) is 24.2 Å². The Balaban J connectivity index is 1.42. The maximum absolute atomic E-state index is 13.4. The van der Waals surface area contributed by atoms with Crippen molar-refractivity contribution in [1.82, 2.24) is 10.3 Å². The van der Waals surface area contributed by atoms with Crippen molar-refractivity contribution in [1.29, 1.82) is 0 Å². The van der Waals surface area contributed by atoms with Crippen LogP contribution in [0.4, 0.5) is 33.5 Å². The molecule has 11 heteroatoms. The molecule has 192 valence electrons. The Hall–Kier alpha value is -4.28. The molecule has 0 fully saturated rings. The zero-order valence-electron chi connectivity index (χ0n) is 19.3. The standard InChI is InChI=1S/C26H21F5N4O2/c27-20-6-4-16(10-21(20)28)7-9-33-25(37)19-13-18(26(29,30)31)14-34-24(19)32-8-1-2-15-3-5-17-12-23(36)35-22(17)11-15/h1-6,10-11,13-14H,7-9,12H2,(H,32,34)(H,33,37)(H,35,36)/b2-1+. The monoisotopic (exact) mass is 516 g/mol. The molecule has 0 saturated carbocycles. The molecule has 1 aliphatic rings. The van der Waals surface area contributed by atoms with Crippen LogP contribution in [0.3, 0.4) is 0 Å². The molecule has 3 N–H and O–H groups in total. The number of rotatable bonds is 8. The van der Waals surface area contributed by atoms with E-state index >= 15 is 0 Å². The van der Waals surface area contributed by atoms with Crippen LogP contribution >= 0.6 is 0 Å². The summed E-state index contributed by atoms with van der Waals surface area (Å²) in [6.07, 6.45) is -0.150. The second-order valence-electron chi connectivity index (χ2n) is 8.30. The third kappa shape index (κ3) is 6.49. The van der Waals surface area contributed by atoms with Crippen LogP contribution in [0.15, 0.2) is 54.7 Å². The smallest absolute Gasteiger partial charge is 0.366 e. The summed E-state index contributed by atoms with van der Waals surface area (Å²) in [5.41, 5.74) is 1.45. The van der Waals surface area contributed by atoms with E-state index in [1.54, 1.807) is 18.2 Å². The average Bonchev–Trinajstić information content (AvgIpc) is 3.22. The van der Waals surface area contributed by atoms with E-state index in [9.17, 15) is 31.5 Å². The summed E-state index contributed by atoms with van der Waals surface area (Å²) < 4.78 is 66.1. The van der Waals surface area contributed by atoms with Gasteiger partial charge in [0.25, 0.3) is 5.91 Å². The molecule has 2 amide bonds. The Morgan fingerprint density at radius 3 is 2.65 bits per heavy atom. The van der Waals surface area contributed by atoms with E-state index in [4.69, 9.17) is 0 Å². The van der Waals surface area contributed by atoms with Crippen molar-refractivity contribution < 1.29 is 31.5 Å². The lowest BCUT2D eigenvalue weighted by atomic mass is 10.1. The predicted octanol–water partition coefficient (Wildman–Crippen LogP) is 4.97. The third-order valence-electron chi connectivity index (χ3n) is 5.60. The van der Waals surface area contributed by atoms with Gasteiger partial charge in [0.1, 0.15) is 5.82 Å². The minimum atomic E-state index is -4.70. The van der Waals surface area contributed by atoms with Crippen molar-refractivity contribution in [3.05, 3.63) is 94.2 Å². The average molecular weight is 516 g/mol. The number of fused-ring (bicyclic) bond motifs is 1. The van der Waals surface area contributed by atoms with Crippen molar-refractivity contribution in [2.24, 2.45) is 0 Å². The number of carbonyl (C=O) groups is 2. The molecule has 2 aromatic carbocycles. The van der Waals surface area contributed by atoms with Crippen LogP contribution < -0.4 is 16.0 Å². The summed E-state index contributed by atoms with van der Waals surface area (Å²) in [6, 6.07) is 9.47. The first-order valence-electron chi connectivity index (χ1n) is 11.2. The van der Waals surface area contributed by atoms with Crippen molar-refractivity contribution >= 4 is 29.4 Å². The molecule has 1 aliphatic heterocycles. The quantitative estimate of drug-likeness (QED) is 0.369. The van der Waals surface area contributed by atoms with Crippen LogP contribution in [0.1, 0.15) is 32.6 Å². The first-order valence-corrected chi connectivity index (χ1v) is 11.2. The van der Waals surface area contributed by atoms with Gasteiger partial charge in [0.05, 0.1) is 17.5 Å². The summed E-state index contributed by atoms with van der Waals surface area (Å²) >= 11 is 0. The number of halogens is 5. The van der Waals surface area contributed by atoms with Gasteiger partial charge in [-0.15, -0.1) is 0 Å². The highest BCUT2D eigenvalue weighted by Gasteiger charge is 2.32. The molecular formula is C26H21F5N4O2. The largest absolute Gasteiger partial charge is 0.417 e. The maximum Gasteiger partial charge on any atom is 0.417 e. The molecule has 0 atom stereocenters. The van der Waals surface area contributed by atoms with E-state index in [1.807, 2.05) is 12.1 Å². The van der Waals surface area contributed by atoms with Gasteiger partial charge in [-0.1, -0.05) is 30.4 Å². The lowest BCUT2D eigenvalue weighted by Gasteiger charge is -2.14. The molecule has 3 aromatic rings. The summed E-state index contributed by atoms with van der Waals surface area (Å²) in [6.45, 7) is 0.130. The number of alkyl halides is 3. The molecule has 0 saturated heterocycles. The van der Waals surface area contributed by atoms with Crippen LogP contribution in [0.2, 0.25) is 0 Å². The van der Waals surface area contributed by atoms with Crippen molar-refractivity contribution in [2.75, 3.05) is 23.7 Å². The highest BCUT2D eigenvalue weighted by Crippen LogP contribution is 2.31. The molecule has 0 radical (unpaired) electrons. The normalized spacial score (nSPS) is 12.9. The topological polar surface area (TPSA) is 83.1 Å². The van der Waals surface area contributed by atoms with Crippen LogP contribution in [-0.4, -0.2) is 29.9 Å². The Morgan fingerprint density at radius 2 is 1.89 bits per heavy atom. The minimum Gasteiger partial charge on any atom is -0.366 e. The second-order valence-corrected chi connectivity index (χ2v) is 8.30. The lowest BCUT2D eigenvalue weighted by molar-refractivity contribution is -0.137. The third-order valence-corrected chi connectivity index (χ3v) is 5.60. The number of aromatic nitrogens is 1. The van der Waals surface area contributed by atoms with Crippen molar-refractivity contribution in [2.45, 2.75) is 19.0 Å². The molecule has 37 heavy (non-hydrogen) atoms. The molecule has 1 aromatic heterocycles. The predicted molar refractivity (Wildman–Crippen MR) is 128 cm³/mol. The van der Waals surface area contributed by atoms with E-state index in [2.05, 4.69) is 20.9 Å². The van der Waals surface area contributed by atoms with Gasteiger partial charge in [0.15, 0.2) is 11.6 Å². The number of nitrogens with one attached hydrogen (secondary N) is 3. The number of nitrogens with zero attached hydrogens (tertiary/aromatic N) is 1. The molecule has 6 nitrogen and oxygen atoms in total. The molecule has 0 unspecified atom stereocenters. The van der Waals surface area contributed by atoms with Gasteiger partial charge in [-0.2, -0.15) is 13.2 Å². The number of anilines is 2. The fraction of sp³-hybridized carbons (Fsp3) is 0.192. The van der Waals surface area contributed by atoms with Crippen molar-refractivity contribution in [3.63, 3.8) is 0 Å². The molecule has 2 heterocycles. The number of carbonyl (C=O) groups excluding carboxylic acids is 2. The first kappa shape index (κ1) is 25.8. The Bertz CT molecular complexity index is 1370. The number of hydrogen-bond acceptors (Lipinski definition) is 4. The van der Waals surface area contributed by atoms with Crippen LogP contribution in [-0.2, 0) is 23.8 Å². The van der Waals surface area contributed by atoms with Crippen LogP contribution in [0, 0.1) is 11.6 Å². The van der Waals surface area contributed by atoms with Crippen LogP contribution in [0.25, 0.3) is 6.08 Å². The summed E-state index contributed by atoms with van der Waals surface area (Å²) in [7, 11) is 0. The van der Waals surface area contributed by atoms with E-state index in [0.717, 1.165) is 28.9 Å². The number of pyridine rings is 1. The fourth-order valence-corrected chi connectivity index (χ4v) is 3.73. The SMILES string of the molecule is O=C1Cc2ccc(/C=C/CNc3ncc(C(F)(F)F)cc3C(=O)NCCc3ccc(F)c(F)c3)cc2N1. The molecule has 4 rings (SSSR count). The minimum absolute atomic E-state index is 0.0195. The lowest BCUT2D eigenvalue weighted by Crippen LogP contribution is -2.27. The summed E-state index contributed by atoms with van der Waals surface area (Å²) in [5.74, 6) is -2.97. The summed E-state index contributed by atoms with van der Waals surface area (Å²) in [5, 5.41) is 8.08. The van der Waals surface area contributed by atoms with Gasteiger partial charge in [0, 0.05) is 25.0 Å². The highest BCUT2D eigenvalue weighted by atomic mass is 19.4. The van der Waals surface area contributed by atoms with Gasteiger partial charge >= 0.3 is 6.18 Å². The molecule has 0 spiro atoms. The van der Waals surface area contributed by atoms with Crippen LogP contribution in [0.5, 0.6) is 0 Å². The van der Waals surface area contributed by atoms with Gasteiger partial charge in [-0.3, -0.25) is 9.59 Å². The zero-order chi connectivity index (χ0) is 26.6. The van der Waals surface area contributed by atoms with Crippen molar-refractivity contribution in [3.8, 4) is 0 Å².